The smallest absolute Gasteiger partial charge is 0.693 e. The predicted octanol–water partition coefficient (Wildman–Crippen LogP) is -12.4. The predicted molar refractivity (Wildman–Crippen MR) is 49.6 cm³/mol. The fourth-order valence-electron chi connectivity index (χ4n) is 0. The van der Waals surface area contributed by atoms with Crippen molar-refractivity contribution >= 4 is 54.6 Å². The van der Waals surface area contributed by atoms with E-state index < -0.39 is 0 Å². The molecule has 0 amide bonds. The van der Waals surface area contributed by atoms with Gasteiger partial charge in [-0.15, -0.1) is 0 Å². The Morgan fingerprint density at radius 3 is 0.364 bits per heavy atom. The first-order valence-corrected chi connectivity index (χ1v) is 0. The minimum absolute atomic E-state index is 0. The van der Waals surface area contributed by atoms with Crippen molar-refractivity contribution in [2.75, 3.05) is 0 Å². The Bertz CT molecular complexity index is 20.1. The van der Waals surface area contributed by atoms with Crippen molar-refractivity contribution in [1.29, 1.82) is 0 Å². The maximum absolute atomic E-state index is 0. The van der Waals surface area contributed by atoms with Crippen molar-refractivity contribution in [2.24, 2.45) is 0 Å². The quantitative estimate of drug-likeness (QED) is 0.312. The Morgan fingerprint density at radius 1 is 0.364 bits per heavy atom. The van der Waals surface area contributed by atoms with Crippen LogP contribution in [0.3, 0.4) is 0 Å². The van der Waals surface area contributed by atoms with Crippen LogP contribution in [-0.2, 0) is 0 Å². The van der Waals surface area contributed by atoms with Crippen LogP contribution < -0.4 is 75.4 Å². The van der Waals surface area contributed by atoms with Crippen molar-refractivity contribution in [3.8, 4) is 0 Å². The second-order valence-electron chi connectivity index (χ2n) is 0. The minimum Gasteiger partial charge on any atom is -0.693 e. The van der Waals surface area contributed by atoms with Gasteiger partial charge in [0.05, 0.1) is 0 Å². The topological polar surface area (TPSA) is 134 Å². The zero-order chi connectivity index (χ0) is 0. The first-order chi connectivity index (χ1) is 0. The van der Waals surface area contributed by atoms with Crippen LogP contribution >= 0.6 is 0 Å². The molecule has 0 saturated heterocycles. The van der Waals surface area contributed by atoms with Gasteiger partial charge in [0.1, 0.15) is 0 Å². The van der Waals surface area contributed by atoms with Crippen molar-refractivity contribution in [3.63, 3.8) is 0 Å². The van der Waals surface area contributed by atoms with E-state index in [1.54, 1.807) is 0 Å². The molecule has 0 bridgehead atoms. The van der Waals surface area contributed by atoms with Crippen molar-refractivity contribution < 1.29 is 75.4 Å². The Kier molecular flexibility index (Phi) is 3120. The van der Waals surface area contributed by atoms with Crippen LogP contribution in [0.5, 0.6) is 0 Å². The molecule has 11 heteroatoms. The maximum Gasteiger partial charge on any atom is 2.00 e. The summed E-state index contributed by atoms with van der Waals surface area (Å²) in [6.07, 6.45) is 0. The Morgan fingerprint density at radius 2 is 0.364 bits per heavy atom. The standard InChI is InChI=1S/2BH4.Ca.4Li.4H2N/h2*1H4;;;;;;4*1H2/q2*-1;+2;4*+1;4*-1. The van der Waals surface area contributed by atoms with Crippen LogP contribution in [0.1, 0.15) is 0 Å². The van der Waals surface area contributed by atoms with E-state index in [0.29, 0.717) is 0 Å². The summed E-state index contributed by atoms with van der Waals surface area (Å²) in [6, 6.07) is 0. The van der Waals surface area contributed by atoms with Gasteiger partial charge in [0.25, 0.3) is 0 Å². The molecule has 0 aliphatic rings. The summed E-state index contributed by atoms with van der Waals surface area (Å²) in [6.45, 7) is 0. The second-order valence-corrected chi connectivity index (χ2v) is 0. The van der Waals surface area contributed by atoms with E-state index in [0.717, 1.165) is 0 Å². The molecule has 0 aromatic carbocycles. The third-order valence-corrected chi connectivity index (χ3v) is 0. The van der Waals surface area contributed by atoms with E-state index in [-0.39, 0.29) is 155 Å². The summed E-state index contributed by atoms with van der Waals surface area (Å²) >= 11 is 0. The summed E-state index contributed by atoms with van der Waals surface area (Å²) < 4.78 is 0. The molecule has 0 aliphatic carbocycles. The van der Waals surface area contributed by atoms with E-state index in [1.165, 1.54) is 0 Å². The molecule has 11 heavy (non-hydrogen) atoms. The maximum atomic E-state index is 0. The van der Waals surface area contributed by atoms with Crippen LogP contribution in [0.2, 0.25) is 0 Å². The zero-order valence-electron chi connectivity index (χ0n) is 7.02. The van der Waals surface area contributed by atoms with Gasteiger partial charge in [0.2, 0.25) is 0 Å². The molecule has 8 N–H and O–H groups in total. The van der Waals surface area contributed by atoms with E-state index in [2.05, 4.69) is 0 Å². The van der Waals surface area contributed by atoms with Crippen LogP contribution in [0.15, 0.2) is 0 Å². The van der Waals surface area contributed by atoms with Gasteiger partial charge in [-0.05, 0) is 0 Å². The number of nitrogens with two attached hydrogens (primary N) is 4. The summed E-state index contributed by atoms with van der Waals surface area (Å²) in [5.74, 6) is 0. The van der Waals surface area contributed by atoms with Gasteiger partial charge in [0, 0.05) is 0 Å². The molecule has 0 aliphatic heterocycles. The molecule has 0 heterocycles. The Labute approximate surface area is 152 Å². The van der Waals surface area contributed by atoms with Crippen LogP contribution in [-0.4, -0.2) is 54.6 Å². The fourth-order valence-corrected chi connectivity index (χ4v) is 0. The first kappa shape index (κ1) is 207. The first-order valence-electron chi connectivity index (χ1n) is 0. The van der Waals surface area contributed by atoms with E-state index in [4.69, 9.17) is 0 Å². The van der Waals surface area contributed by atoms with E-state index >= 15 is 0 Å². The fraction of sp³-hybridized carbons (Fsp3) is 0. The Hall–Kier alpha value is 3.62. The number of rotatable bonds is 0. The van der Waals surface area contributed by atoms with Gasteiger partial charge >= 0.3 is 113 Å². The van der Waals surface area contributed by atoms with Crippen LogP contribution in [0.25, 0.3) is 24.6 Å². The number of hydrogen-bond donors (Lipinski definition) is 0. The minimum atomic E-state index is 0. The molecule has 0 aromatic heterocycles. The van der Waals surface area contributed by atoms with Crippen LogP contribution in [0, 0.1) is 0 Å². The SMILES string of the molecule is [BH4-].[BH4-].[Ca+2].[Li+].[Li+].[Li+].[Li+].[NH2-].[NH2-].[NH2-].[NH2-]. The van der Waals surface area contributed by atoms with Gasteiger partial charge in [-0.1, -0.05) is 16.8 Å². The largest absolute Gasteiger partial charge is 2.00 e. The third-order valence-electron chi connectivity index (χ3n) is 0. The van der Waals surface area contributed by atoms with Crippen molar-refractivity contribution in [2.45, 2.75) is 0 Å². The molecule has 0 unspecified atom stereocenters. The number of hydrogen-bond acceptors (Lipinski definition) is 0. The molecule has 0 radical (unpaired) electrons. The molecule has 0 spiro atoms. The van der Waals surface area contributed by atoms with Gasteiger partial charge in [-0.2, -0.15) is 0 Å². The van der Waals surface area contributed by atoms with Gasteiger partial charge < -0.3 is 24.6 Å². The second kappa shape index (κ2) is 166. The average molecular weight is 162 g/mol. The molecule has 0 saturated carbocycles. The third kappa shape index (κ3) is 140. The molecule has 4 nitrogen and oxygen atoms in total. The molecular formula is H16B2CaLi4N4. The normalized spacial score (nSPS) is 0. The van der Waals surface area contributed by atoms with Gasteiger partial charge in [0.15, 0.2) is 0 Å². The van der Waals surface area contributed by atoms with Crippen LogP contribution in [0.4, 0.5) is 0 Å². The van der Waals surface area contributed by atoms with Crippen molar-refractivity contribution in [3.05, 3.63) is 24.6 Å². The summed E-state index contributed by atoms with van der Waals surface area (Å²) in [4.78, 5) is 0. The summed E-state index contributed by atoms with van der Waals surface area (Å²) in [5.41, 5.74) is 0. The zero-order valence-corrected chi connectivity index (χ0v) is 9.22. The molecule has 0 atom stereocenters. The van der Waals surface area contributed by atoms with Gasteiger partial charge in [-0.25, -0.2) is 0 Å². The van der Waals surface area contributed by atoms with Gasteiger partial charge in [-0.3, -0.25) is 0 Å². The molecule has 48 valence electrons. The monoisotopic (exact) mass is 162 g/mol. The molecular weight excluding hydrogens is 145 g/mol. The van der Waals surface area contributed by atoms with Crippen molar-refractivity contribution in [1.82, 2.24) is 0 Å². The molecule has 0 rings (SSSR count). The average Bonchev–Trinajstić information content (AvgIpc) is 0. The molecule has 0 fully saturated rings. The summed E-state index contributed by atoms with van der Waals surface area (Å²) in [5, 5.41) is 0. The summed E-state index contributed by atoms with van der Waals surface area (Å²) in [7, 11) is 0. The van der Waals surface area contributed by atoms with E-state index in [1.807, 2.05) is 0 Å². The Balaban J connectivity index is 0. The van der Waals surface area contributed by atoms with E-state index in [9.17, 15) is 0 Å². The molecule has 0 aromatic rings.